The second-order valence-corrected chi connectivity index (χ2v) is 4.52. The summed E-state index contributed by atoms with van der Waals surface area (Å²) in [6.45, 7) is 8.80. The van der Waals surface area contributed by atoms with E-state index in [1.165, 1.54) is 0 Å². The minimum Gasteiger partial charge on any atom is -0.466 e. The van der Waals surface area contributed by atoms with Crippen molar-refractivity contribution in [1.29, 1.82) is 0 Å². The lowest BCUT2D eigenvalue weighted by Crippen LogP contribution is -2.37. The third-order valence-corrected chi connectivity index (χ3v) is 2.62. The first-order valence-electron chi connectivity index (χ1n) is 6.46. The second kappa shape index (κ2) is 9.42. The molecule has 4 heteroatoms. The van der Waals surface area contributed by atoms with Crippen LogP contribution in [0.25, 0.3) is 0 Å². The molecule has 0 bridgehead atoms. The van der Waals surface area contributed by atoms with Gasteiger partial charge in [0.15, 0.2) is 0 Å². The van der Waals surface area contributed by atoms with Crippen LogP contribution < -0.4 is 0 Å². The van der Waals surface area contributed by atoms with Crippen molar-refractivity contribution in [3.05, 3.63) is 0 Å². The second-order valence-electron chi connectivity index (χ2n) is 4.52. The summed E-state index contributed by atoms with van der Waals surface area (Å²) < 4.78 is 10.3. The number of aliphatic hydroxyl groups excluding tert-OH is 1. The zero-order chi connectivity index (χ0) is 13.3. The molecule has 0 heterocycles. The van der Waals surface area contributed by atoms with Crippen LogP contribution in [0.5, 0.6) is 0 Å². The Hall–Kier alpha value is -0.610. The average molecular weight is 246 g/mol. The van der Waals surface area contributed by atoms with Crippen molar-refractivity contribution < 1.29 is 19.4 Å². The number of carbonyl (C=O) groups is 1. The van der Waals surface area contributed by atoms with Gasteiger partial charge in [-0.1, -0.05) is 27.2 Å². The number of esters is 1. The highest BCUT2D eigenvalue weighted by Gasteiger charge is 2.31. The van der Waals surface area contributed by atoms with Crippen LogP contribution in [0.2, 0.25) is 0 Å². The van der Waals surface area contributed by atoms with Crippen LogP contribution in [0.4, 0.5) is 0 Å². The van der Waals surface area contributed by atoms with Crippen molar-refractivity contribution in [3.63, 3.8) is 0 Å². The molecule has 0 amide bonds. The Morgan fingerprint density at radius 2 is 1.94 bits per heavy atom. The van der Waals surface area contributed by atoms with Gasteiger partial charge in [0.2, 0.25) is 0 Å². The Kier molecular flexibility index (Phi) is 9.09. The summed E-state index contributed by atoms with van der Waals surface area (Å²) >= 11 is 0. The lowest BCUT2D eigenvalue weighted by Gasteiger charge is -2.24. The van der Waals surface area contributed by atoms with Crippen LogP contribution in [-0.2, 0) is 14.3 Å². The Bertz CT molecular complexity index is 204. The van der Waals surface area contributed by atoms with Crippen LogP contribution in [0.1, 0.15) is 40.5 Å². The molecule has 0 saturated carbocycles. The maximum Gasteiger partial charge on any atom is 0.311 e. The van der Waals surface area contributed by atoms with Crippen molar-refractivity contribution in [2.24, 2.45) is 11.8 Å². The van der Waals surface area contributed by atoms with Crippen LogP contribution in [0.15, 0.2) is 0 Å². The van der Waals surface area contributed by atoms with E-state index in [4.69, 9.17) is 9.47 Å². The fraction of sp³-hybridized carbons (Fsp3) is 0.923. The molecule has 0 fully saturated rings. The molecular weight excluding hydrogens is 220 g/mol. The maximum absolute atomic E-state index is 11.7. The standard InChI is InChI=1S/C13H26O4/c1-5-7-8-16-9-11(14)12(10(3)4)13(15)17-6-2/h10-12,14H,5-9H2,1-4H3. The van der Waals surface area contributed by atoms with Gasteiger partial charge >= 0.3 is 5.97 Å². The molecule has 0 aromatic rings. The van der Waals surface area contributed by atoms with Gasteiger partial charge in [0.25, 0.3) is 0 Å². The number of aliphatic hydroxyl groups is 1. The van der Waals surface area contributed by atoms with E-state index >= 15 is 0 Å². The van der Waals surface area contributed by atoms with Crippen LogP contribution in [0.3, 0.4) is 0 Å². The molecule has 0 aliphatic carbocycles. The molecular formula is C13H26O4. The summed E-state index contributed by atoms with van der Waals surface area (Å²) in [5.74, 6) is -0.801. The maximum atomic E-state index is 11.7. The van der Waals surface area contributed by atoms with Gasteiger partial charge in [-0.05, 0) is 19.3 Å². The molecule has 0 rings (SSSR count). The van der Waals surface area contributed by atoms with Gasteiger partial charge in [0.05, 0.1) is 25.2 Å². The molecule has 2 unspecified atom stereocenters. The van der Waals surface area contributed by atoms with E-state index in [2.05, 4.69) is 6.92 Å². The van der Waals surface area contributed by atoms with Crippen LogP contribution >= 0.6 is 0 Å². The predicted octanol–water partition coefficient (Wildman–Crippen LogP) is 2.00. The molecule has 0 aromatic heterocycles. The van der Waals surface area contributed by atoms with E-state index in [-0.39, 0.29) is 18.5 Å². The molecule has 17 heavy (non-hydrogen) atoms. The molecule has 1 N–H and O–H groups in total. The van der Waals surface area contributed by atoms with E-state index in [1.807, 2.05) is 13.8 Å². The van der Waals surface area contributed by atoms with E-state index in [1.54, 1.807) is 6.92 Å². The predicted molar refractivity (Wildman–Crippen MR) is 66.7 cm³/mol. The molecule has 0 saturated heterocycles. The number of hydrogen-bond donors (Lipinski definition) is 1. The largest absolute Gasteiger partial charge is 0.466 e. The Morgan fingerprint density at radius 1 is 1.29 bits per heavy atom. The van der Waals surface area contributed by atoms with Crippen LogP contribution in [0, 0.1) is 11.8 Å². The van der Waals surface area contributed by atoms with Gasteiger partial charge in [-0.15, -0.1) is 0 Å². The monoisotopic (exact) mass is 246 g/mol. The summed E-state index contributed by atoms with van der Waals surface area (Å²) in [4.78, 5) is 11.7. The van der Waals surface area contributed by atoms with Crippen molar-refractivity contribution in [1.82, 2.24) is 0 Å². The SMILES string of the molecule is CCCCOCC(O)C(C(=O)OCC)C(C)C. The van der Waals surface area contributed by atoms with Gasteiger partial charge in [0, 0.05) is 6.61 Å². The first-order valence-corrected chi connectivity index (χ1v) is 6.46. The highest BCUT2D eigenvalue weighted by Crippen LogP contribution is 2.18. The van der Waals surface area contributed by atoms with Crippen molar-refractivity contribution in [2.45, 2.75) is 46.6 Å². The minimum atomic E-state index is -0.786. The Balaban J connectivity index is 4.15. The van der Waals surface area contributed by atoms with Crippen molar-refractivity contribution in [2.75, 3.05) is 19.8 Å². The first kappa shape index (κ1) is 16.4. The molecule has 0 aliphatic heterocycles. The van der Waals surface area contributed by atoms with Crippen molar-refractivity contribution in [3.8, 4) is 0 Å². The molecule has 102 valence electrons. The van der Waals surface area contributed by atoms with E-state index in [9.17, 15) is 9.90 Å². The molecule has 0 aliphatic rings. The highest BCUT2D eigenvalue weighted by atomic mass is 16.5. The minimum absolute atomic E-state index is 0.0406. The zero-order valence-electron chi connectivity index (χ0n) is 11.4. The van der Waals surface area contributed by atoms with Crippen LogP contribution in [-0.4, -0.2) is 37.0 Å². The number of unbranched alkanes of at least 4 members (excludes halogenated alkanes) is 1. The topological polar surface area (TPSA) is 55.8 Å². The summed E-state index contributed by atoms with van der Waals surface area (Å²) in [6, 6.07) is 0. The summed E-state index contributed by atoms with van der Waals surface area (Å²) in [5.41, 5.74) is 0. The van der Waals surface area contributed by atoms with Gasteiger partial charge < -0.3 is 14.6 Å². The lowest BCUT2D eigenvalue weighted by molar-refractivity contribution is -0.156. The first-order chi connectivity index (χ1) is 8.04. The molecule has 4 nitrogen and oxygen atoms in total. The Morgan fingerprint density at radius 3 is 2.41 bits per heavy atom. The number of hydrogen-bond acceptors (Lipinski definition) is 4. The Labute approximate surface area is 104 Å². The normalized spacial score (nSPS) is 14.7. The smallest absolute Gasteiger partial charge is 0.311 e. The third kappa shape index (κ3) is 6.64. The van der Waals surface area contributed by atoms with Gasteiger partial charge in [0.1, 0.15) is 0 Å². The van der Waals surface area contributed by atoms with Gasteiger partial charge in [-0.3, -0.25) is 4.79 Å². The highest BCUT2D eigenvalue weighted by molar-refractivity contribution is 5.73. The summed E-state index contributed by atoms with van der Waals surface area (Å²) in [6.07, 6.45) is 1.24. The number of rotatable bonds is 9. The molecule has 0 aromatic carbocycles. The molecule has 2 atom stereocenters. The molecule has 0 radical (unpaired) electrons. The van der Waals surface area contributed by atoms with E-state index in [0.29, 0.717) is 13.2 Å². The third-order valence-electron chi connectivity index (χ3n) is 2.62. The summed E-state index contributed by atoms with van der Waals surface area (Å²) in [7, 11) is 0. The number of ether oxygens (including phenoxy) is 2. The number of carbonyl (C=O) groups excluding carboxylic acids is 1. The fourth-order valence-electron chi connectivity index (χ4n) is 1.67. The molecule has 0 spiro atoms. The average Bonchev–Trinajstić information content (AvgIpc) is 2.24. The van der Waals surface area contributed by atoms with E-state index in [0.717, 1.165) is 12.8 Å². The zero-order valence-corrected chi connectivity index (χ0v) is 11.4. The van der Waals surface area contributed by atoms with E-state index < -0.39 is 12.0 Å². The summed E-state index contributed by atoms with van der Waals surface area (Å²) in [5, 5.41) is 9.95. The van der Waals surface area contributed by atoms with Crippen molar-refractivity contribution >= 4 is 5.97 Å². The van der Waals surface area contributed by atoms with Gasteiger partial charge in [-0.2, -0.15) is 0 Å². The lowest BCUT2D eigenvalue weighted by atomic mass is 9.90. The fourth-order valence-corrected chi connectivity index (χ4v) is 1.67. The van der Waals surface area contributed by atoms with Gasteiger partial charge in [-0.25, -0.2) is 0 Å². The quantitative estimate of drug-likeness (QED) is 0.499.